The van der Waals surface area contributed by atoms with E-state index < -0.39 is 6.09 Å². The van der Waals surface area contributed by atoms with E-state index >= 15 is 0 Å². The van der Waals surface area contributed by atoms with E-state index in [9.17, 15) is 9.59 Å². The molecule has 0 aliphatic carbocycles. The normalized spacial score (nSPS) is 15.1. The molecule has 0 spiro atoms. The maximum absolute atomic E-state index is 12.0. The zero-order valence-corrected chi connectivity index (χ0v) is 11.2. The Labute approximate surface area is 112 Å². The maximum Gasteiger partial charge on any atom is 0.410 e. The highest BCUT2D eigenvalue weighted by molar-refractivity contribution is 5.95. The lowest BCUT2D eigenvalue weighted by molar-refractivity contribution is -0.117. The predicted octanol–water partition coefficient (Wildman–Crippen LogP) is 2.08. The molecule has 2 amide bonds. The molecule has 102 valence electrons. The van der Waals surface area contributed by atoms with Gasteiger partial charge in [-0.15, -0.1) is 0 Å². The molecule has 19 heavy (non-hydrogen) atoms. The van der Waals surface area contributed by atoms with Gasteiger partial charge in [0, 0.05) is 12.2 Å². The summed E-state index contributed by atoms with van der Waals surface area (Å²) in [6, 6.07) is 5.83. The van der Waals surface area contributed by atoms with Crippen LogP contribution in [0.3, 0.4) is 0 Å². The molecule has 0 atom stereocenters. The van der Waals surface area contributed by atoms with Gasteiger partial charge in [-0.05, 0) is 31.4 Å². The number of carbonyl (C=O) groups excluding carboxylic acids is 2. The van der Waals surface area contributed by atoms with E-state index in [0.29, 0.717) is 13.2 Å². The number of ether oxygens (including phenoxy) is 1. The number of nitrogens with one attached hydrogen (secondary N) is 1. The summed E-state index contributed by atoms with van der Waals surface area (Å²) < 4.78 is 4.90. The topological polar surface area (TPSA) is 58.6 Å². The zero-order chi connectivity index (χ0) is 13.8. The molecule has 1 aromatic carbocycles. The first kappa shape index (κ1) is 13.4. The highest BCUT2D eigenvalue weighted by Crippen LogP contribution is 2.19. The van der Waals surface area contributed by atoms with E-state index in [1.807, 2.05) is 32.0 Å². The average molecular weight is 262 g/mol. The fourth-order valence-corrected chi connectivity index (χ4v) is 2.10. The van der Waals surface area contributed by atoms with Crippen molar-refractivity contribution >= 4 is 17.7 Å². The third kappa shape index (κ3) is 3.24. The van der Waals surface area contributed by atoms with Crippen molar-refractivity contribution in [2.24, 2.45) is 0 Å². The van der Waals surface area contributed by atoms with E-state index in [0.717, 1.165) is 23.2 Å². The standard InChI is InChI=1S/C14H18N2O3/c1-10-5-3-6-11(2)13(10)15-12(17)9-16-7-4-8-19-14(16)18/h3,5-6H,4,7-9H2,1-2H3,(H,15,17). The van der Waals surface area contributed by atoms with Crippen molar-refractivity contribution in [1.82, 2.24) is 4.90 Å². The van der Waals surface area contributed by atoms with Crippen molar-refractivity contribution in [2.75, 3.05) is 25.0 Å². The maximum atomic E-state index is 12.0. The Bertz CT molecular complexity index is 479. The van der Waals surface area contributed by atoms with Gasteiger partial charge in [0.25, 0.3) is 0 Å². The van der Waals surface area contributed by atoms with Crippen LogP contribution in [0.5, 0.6) is 0 Å². The summed E-state index contributed by atoms with van der Waals surface area (Å²) in [7, 11) is 0. The first-order valence-electron chi connectivity index (χ1n) is 6.35. The molecule has 1 aliphatic heterocycles. The summed E-state index contributed by atoms with van der Waals surface area (Å²) in [5.41, 5.74) is 2.84. The molecule has 0 radical (unpaired) electrons. The summed E-state index contributed by atoms with van der Waals surface area (Å²) in [5, 5.41) is 2.86. The largest absolute Gasteiger partial charge is 0.449 e. The second kappa shape index (κ2) is 5.73. The molecule has 0 saturated carbocycles. The van der Waals surface area contributed by atoms with Crippen molar-refractivity contribution in [3.63, 3.8) is 0 Å². The Kier molecular flexibility index (Phi) is 4.04. The number of nitrogens with zero attached hydrogens (tertiary/aromatic N) is 1. The minimum atomic E-state index is -0.414. The van der Waals surface area contributed by atoms with E-state index in [1.165, 1.54) is 4.90 Å². The second-order valence-electron chi connectivity index (χ2n) is 4.70. The van der Waals surface area contributed by atoms with Gasteiger partial charge in [-0.25, -0.2) is 4.79 Å². The number of carbonyl (C=O) groups is 2. The molecule has 5 nitrogen and oxygen atoms in total. The smallest absolute Gasteiger partial charge is 0.410 e. The summed E-state index contributed by atoms with van der Waals surface area (Å²) in [6.07, 6.45) is 0.352. The summed E-state index contributed by atoms with van der Waals surface area (Å²) in [4.78, 5) is 24.8. The summed E-state index contributed by atoms with van der Waals surface area (Å²) in [5.74, 6) is -0.198. The minimum Gasteiger partial charge on any atom is -0.449 e. The van der Waals surface area contributed by atoms with Crippen LogP contribution >= 0.6 is 0 Å². The van der Waals surface area contributed by atoms with Crippen LogP contribution in [0, 0.1) is 13.8 Å². The molecule has 1 N–H and O–H groups in total. The first-order chi connectivity index (χ1) is 9.08. The van der Waals surface area contributed by atoms with Gasteiger partial charge in [-0.1, -0.05) is 18.2 Å². The summed E-state index contributed by atoms with van der Waals surface area (Å²) >= 11 is 0. The predicted molar refractivity (Wildman–Crippen MR) is 72.1 cm³/mol. The number of anilines is 1. The fraction of sp³-hybridized carbons (Fsp3) is 0.429. The molecule has 0 aromatic heterocycles. The van der Waals surface area contributed by atoms with Gasteiger partial charge in [-0.3, -0.25) is 9.69 Å². The monoisotopic (exact) mass is 262 g/mol. The van der Waals surface area contributed by atoms with Crippen molar-refractivity contribution in [1.29, 1.82) is 0 Å². The molecule has 0 bridgehead atoms. The SMILES string of the molecule is Cc1cccc(C)c1NC(=O)CN1CCCOC1=O. The second-order valence-corrected chi connectivity index (χ2v) is 4.70. The molecule has 1 saturated heterocycles. The first-order valence-corrected chi connectivity index (χ1v) is 6.35. The molecule has 2 rings (SSSR count). The third-order valence-corrected chi connectivity index (χ3v) is 3.14. The number of aryl methyl sites for hydroxylation is 2. The van der Waals surface area contributed by atoms with Gasteiger partial charge in [0.05, 0.1) is 6.61 Å². The molecule has 1 aromatic rings. The molecule has 1 aliphatic rings. The van der Waals surface area contributed by atoms with Gasteiger partial charge < -0.3 is 10.1 Å². The Balaban J connectivity index is 1.99. The van der Waals surface area contributed by atoms with Crippen molar-refractivity contribution < 1.29 is 14.3 Å². The summed E-state index contributed by atoms with van der Waals surface area (Å²) in [6.45, 7) is 4.93. The molecule has 5 heteroatoms. The lowest BCUT2D eigenvalue weighted by Gasteiger charge is -2.25. The van der Waals surface area contributed by atoms with Crippen LogP contribution < -0.4 is 5.32 Å². The van der Waals surface area contributed by atoms with Crippen molar-refractivity contribution in [3.05, 3.63) is 29.3 Å². The van der Waals surface area contributed by atoms with Crippen LogP contribution in [0.4, 0.5) is 10.5 Å². The molecule has 1 heterocycles. The number of rotatable bonds is 3. The lowest BCUT2D eigenvalue weighted by Crippen LogP contribution is -2.42. The highest BCUT2D eigenvalue weighted by Gasteiger charge is 2.22. The van der Waals surface area contributed by atoms with Gasteiger partial charge in [0.2, 0.25) is 5.91 Å². The lowest BCUT2D eigenvalue weighted by atomic mass is 10.1. The quantitative estimate of drug-likeness (QED) is 0.907. The number of benzene rings is 1. The zero-order valence-electron chi connectivity index (χ0n) is 11.2. The molecular formula is C14H18N2O3. The van der Waals surface area contributed by atoms with Crippen LogP contribution in [0.2, 0.25) is 0 Å². The van der Waals surface area contributed by atoms with Gasteiger partial charge in [0.15, 0.2) is 0 Å². The number of para-hydroxylation sites is 1. The molecule has 0 unspecified atom stereocenters. The third-order valence-electron chi connectivity index (χ3n) is 3.14. The molecular weight excluding hydrogens is 244 g/mol. The van der Waals surface area contributed by atoms with Crippen LogP contribution in [0.15, 0.2) is 18.2 Å². The number of cyclic esters (lactones) is 1. The van der Waals surface area contributed by atoms with Crippen molar-refractivity contribution in [2.45, 2.75) is 20.3 Å². The number of amides is 2. The van der Waals surface area contributed by atoms with Gasteiger partial charge in [0.1, 0.15) is 6.54 Å². The molecule has 1 fully saturated rings. The van der Waals surface area contributed by atoms with Gasteiger partial charge >= 0.3 is 6.09 Å². The van der Waals surface area contributed by atoms with Crippen LogP contribution in [0.25, 0.3) is 0 Å². The fourth-order valence-electron chi connectivity index (χ4n) is 2.10. The average Bonchev–Trinajstić information content (AvgIpc) is 2.37. The number of hydrogen-bond donors (Lipinski definition) is 1. The van der Waals surface area contributed by atoms with E-state index in [1.54, 1.807) is 0 Å². The van der Waals surface area contributed by atoms with E-state index in [2.05, 4.69) is 5.32 Å². The Morgan fingerprint density at radius 1 is 1.37 bits per heavy atom. The van der Waals surface area contributed by atoms with E-state index in [4.69, 9.17) is 4.74 Å². The van der Waals surface area contributed by atoms with Crippen LogP contribution in [-0.4, -0.2) is 36.6 Å². The van der Waals surface area contributed by atoms with Crippen molar-refractivity contribution in [3.8, 4) is 0 Å². The minimum absolute atomic E-state index is 0.0343. The Morgan fingerprint density at radius 2 is 2.05 bits per heavy atom. The van der Waals surface area contributed by atoms with Crippen LogP contribution in [0.1, 0.15) is 17.5 Å². The van der Waals surface area contributed by atoms with Crippen LogP contribution in [-0.2, 0) is 9.53 Å². The Hall–Kier alpha value is -2.04. The Morgan fingerprint density at radius 3 is 2.68 bits per heavy atom. The van der Waals surface area contributed by atoms with Gasteiger partial charge in [-0.2, -0.15) is 0 Å². The van der Waals surface area contributed by atoms with E-state index in [-0.39, 0.29) is 12.5 Å². The highest BCUT2D eigenvalue weighted by atomic mass is 16.6. The number of hydrogen-bond acceptors (Lipinski definition) is 3.